The van der Waals surface area contributed by atoms with Crippen LogP contribution in [0, 0.1) is 11.6 Å². The van der Waals surface area contributed by atoms with E-state index >= 15 is 0 Å². The minimum atomic E-state index is -0.941. The lowest BCUT2D eigenvalue weighted by Gasteiger charge is -2.15. The first-order valence-electron chi connectivity index (χ1n) is 5.96. The first-order valence-corrected chi connectivity index (χ1v) is 6.34. The van der Waals surface area contributed by atoms with Crippen molar-refractivity contribution in [3.63, 3.8) is 0 Å². The zero-order chi connectivity index (χ0) is 14.7. The van der Waals surface area contributed by atoms with E-state index in [9.17, 15) is 13.9 Å². The fourth-order valence-corrected chi connectivity index (χ4v) is 2.18. The van der Waals surface area contributed by atoms with E-state index < -0.39 is 17.7 Å². The molecule has 0 aliphatic carbocycles. The number of halogens is 3. The first kappa shape index (κ1) is 14.8. The van der Waals surface area contributed by atoms with Gasteiger partial charge in [-0.15, -0.1) is 0 Å². The number of hydrogen-bond donors (Lipinski definition) is 1. The predicted molar refractivity (Wildman–Crippen MR) is 73.0 cm³/mol. The number of aliphatic hydroxyl groups excluding tert-OH is 1. The number of rotatable bonds is 4. The average molecular weight is 299 g/mol. The van der Waals surface area contributed by atoms with E-state index in [2.05, 4.69) is 0 Å². The lowest BCUT2D eigenvalue weighted by molar-refractivity contribution is 0.174. The highest BCUT2D eigenvalue weighted by atomic mass is 35.5. The lowest BCUT2D eigenvalue weighted by Crippen LogP contribution is -2.05. The molecule has 1 unspecified atom stereocenters. The molecule has 20 heavy (non-hydrogen) atoms. The van der Waals surface area contributed by atoms with Gasteiger partial charge in [0.05, 0.1) is 13.2 Å². The topological polar surface area (TPSA) is 29.5 Å². The van der Waals surface area contributed by atoms with Gasteiger partial charge in [-0.25, -0.2) is 8.78 Å². The third-order valence-corrected chi connectivity index (χ3v) is 3.14. The van der Waals surface area contributed by atoms with Crippen LogP contribution in [0.15, 0.2) is 36.4 Å². The Kier molecular flexibility index (Phi) is 4.57. The van der Waals surface area contributed by atoms with Gasteiger partial charge in [-0.05, 0) is 29.8 Å². The second kappa shape index (κ2) is 6.20. The van der Waals surface area contributed by atoms with Crippen molar-refractivity contribution < 1.29 is 18.6 Å². The van der Waals surface area contributed by atoms with Crippen LogP contribution in [0.4, 0.5) is 8.78 Å². The Bertz CT molecular complexity index is 597. The second-order valence-electron chi connectivity index (χ2n) is 4.38. The van der Waals surface area contributed by atoms with Crippen LogP contribution in [0.3, 0.4) is 0 Å². The summed E-state index contributed by atoms with van der Waals surface area (Å²) in [6.45, 7) is 0. The maximum Gasteiger partial charge on any atom is 0.126 e. The molecule has 0 amide bonds. The summed E-state index contributed by atoms with van der Waals surface area (Å²) < 4.78 is 31.4. The zero-order valence-corrected chi connectivity index (χ0v) is 11.5. The second-order valence-corrected chi connectivity index (χ2v) is 4.82. The Morgan fingerprint density at radius 3 is 2.40 bits per heavy atom. The molecular formula is C15H13ClF2O2. The van der Waals surface area contributed by atoms with E-state index in [0.29, 0.717) is 21.9 Å². The molecule has 0 aliphatic heterocycles. The zero-order valence-electron chi connectivity index (χ0n) is 10.7. The molecule has 0 radical (unpaired) electrons. The van der Waals surface area contributed by atoms with Gasteiger partial charge in [0, 0.05) is 23.1 Å². The smallest absolute Gasteiger partial charge is 0.126 e. The van der Waals surface area contributed by atoms with E-state index in [4.69, 9.17) is 16.3 Å². The number of benzene rings is 2. The fourth-order valence-electron chi connectivity index (χ4n) is 2.02. The molecule has 0 bridgehead atoms. The molecule has 5 heteroatoms. The Morgan fingerprint density at radius 1 is 1.15 bits per heavy atom. The highest BCUT2D eigenvalue weighted by Crippen LogP contribution is 2.30. The van der Waals surface area contributed by atoms with Gasteiger partial charge in [0.1, 0.15) is 17.4 Å². The summed E-state index contributed by atoms with van der Waals surface area (Å²) in [5, 5.41) is 10.7. The standard InChI is InChI=1S/C15H13ClF2O2/c1-20-15-7-10(16)2-3-13(15)14(19)6-9-4-11(17)8-12(18)5-9/h2-5,7-8,14,19H,6H2,1H3. The van der Waals surface area contributed by atoms with Crippen LogP contribution in [-0.4, -0.2) is 12.2 Å². The quantitative estimate of drug-likeness (QED) is 0.927. The van der Waals surface area contributed by atoms with Crippen LogP contribution in [0.5, 0.6) is 5.75 Å². The molecule has 2 rings (SSSR count). The SMILES string of the molecule is COc1cc(Cl)ccc1C(O)Cc1cc(F)cc(F)c1. The van der Waals surface area contributed by atoms with Gasteiger partial charge in [0.25, 0.3) is 0 Å². The normalized spacial score (nSPS) is 12.2. The van der Waals surface area contributed by atoms with Gasteiger partial charge in [-0.1, -0.05) is 17.7 Å². The summed E-state index contributed by atoms with van der Waals surface area (Å²) in [6, 6.07) is 7.99. The molecule has 2 nitrogen and oxygen atoms in total. The minimum absolute atomic E-state index is 0.0761. The van der Waals surface area contributed by atoms with Gasteiger partial charge in [-0.3, -0.25) is 0 Å². The fraction of sp³-hybridized carbons (Fsp3) is 0.200. The molecule has 0 saturated carbocycles. The molecular weight excluding hydrogens is 286 g/mol. The molecule has 0 heterocycles. The molecule has 1 atom stereocenters. The van der Waals surface area contributed by atoms with E-state index in [1.165, 1.54) is 19.2 Å². The molecule has 0 fully saturated rings. The van der Waals surface area contributed by atoms with Crippen molar-refractivity contribution in [2.24, 2.45) is 0 Å². The van der Waals surface area contributed by atoms with Gasteiger partial charge >= 0.3 is 0 Å². The summed E-state index contributed by atoms with van der Waals surface area (Å²) in [6.07, 6.45) is -0.865. The van der Waals surface area contributed by atoms with E-state index in [1.807, 2.05) is 0 Å². The largest absolute Gasteiger partial charge is 0.496 e. The summed E-state index contributed by atoms with van der Waals surface area (Å²) in [5.41, 5.74) is 0.883. The van der Waals surface area contributed by atoms with Crippen molar-refractivity contribution in [1.29, 1.82) is 0 Å². The van der Waals surface area contributed by atoms with Gasteiger partial charge < -0.3 is 9.84 Å². The molecule has 2 aromatic carbocycles. The van der Waals surface area contributed by atoms with Gasteiger partial charge in [0.15, 0.2) is 0 Å². The molecule has 106 valence electrons. The van der Waals surface area contributed by atoms with E-state index in [0.717, 1.165) is 6.07 Å². The highest BCUT2D eigenvalue weighted by molar-refractivity contribution is 6.30. The highest BCUT2D eigenvalue weighted by Gasteiger charge is 2.15. The molecule has 0 saturated heterocycles. The maximum atomic E-state index is 13.1. The molecule has 0 spiro atoms. The maximum absolute atomic E-state index is 13.1. The van der Waals surface area contributed by atoms with Crippen LogP contribution >= 0.6 is 11.6 Å². The van der Waals surface area contributed by atoms with E-state index in [1.54, 1.807) is 18.2 Å². The predicted octanol–water partition coefficient (Wildman–Crippen LogP) is 3.90. The first-order chi connectivity index (χ1) is 9.49. The van der Waals surface area contributed by atoms with Crippen LogP contribution in [0.2, 0.25) is 5.02 Å². The van der Waals surface area contributed by atoms with Crippen molar-refractivity contribution in [3.05, 3.63) is 64.2 Å². The third-order valence-electron chi connectivity index (χ3n) is 2.91. The summed E-state index contributed by atoms with van der Waals surface area (Å²) in [7, 11) is 1.46. The van der Waals surface area contributed by atoms with Crippen LogP contribution in [0.1, 0.15) is 17.2 Å². The Balaban J connectivity index is 2.25. The van der Waals surface area contributed by atoms with Crippen molar-refractivity contribution in [3.8, 4) is 5.75 Å². The number of hydrogen-bond acceptors (Lipinski definition) is 2. The summed E-state index contributed by atoms with van der Waals surface area (Å²) in [4.78, 5) is 0. The minimum Gasteiger partial charge on any atom is -0.496 e. The van der Waals surface area contributed by atoms with Crippen molar-refractivity contribution in [1.82, 2.24) is 0 Å². The molecule has 0 aliphatic rings. The van der Waals surface area contributed by atoms with Crippen LogP contribution < -0.4 is 4.74 Å². The van der Waals surface area contributed by atoms with Crippen molar-refractivity contribution in [2.75, 3.05) is 7.11 Å². The Labute approximate surface area is 120 Å². The Morgan fingerprint density at radius 2 is 1.80 bits per heavy atom. The van der Waals surface area contributed by atoms with Gasteiger partial charge in [-0.2, -0.15) is 0 Å². The van der Waals surface area contributed by atoms with Crippen LogP contribution in [0.25, 0.3) is 0 Å². The number of aliphatic hydroxyl groups is 1. The average Bonchev–Trinajstić information content (AvgIpc) is 2.37. The summed E-state index contributed by atoms with van der Waals surface area (Å²) >= 11 is 5.84. The molecule has 0 aromatic heterocycles. The third kappa shape index (κ3) is 3.46. The van der Waals surface area contributed by atoms with Crippen molar-refractivity contribution >= 4 is 11.6 Å². The lowest BCUT2D eigenvalue weighted by atomic mass is 10.0. The molecule has 1 N–H and O–H groups in total. The van der Waals surface area contributed by atoms with Crippen LogP contribution in [-0.2, 0) is 6.42 Å². The Hall–Kier alpha value is -1.65. The molecule has 2 aromatic rings. The van der Waals surface area contributed by atoms with Gasteiger partial charge in [0.2, 0.25) is 0 Å². The monoisotopic (exact) mass is 298 g/mol. The van der Waals surface area contributed by atoms with Crippen molar-refractivity contribution in [2.45, 2.75) is 12.5 Å². The summed E-state index contributed by atoms with van der Waals surface area (Å²) in [5.74, 6) is -0.910. The number of methoxy groups -OCH3 is 1. The number of ether oxygens (including phenoxy) is 1. The van der Waals surface area contributed by atoms with E-state index in [-0.39, 0.29) is 6.42 Å².